The highest BCUT2D eigenvalue weighted by Gasteiger charge is 2.19. The molecule has 0 aliphatic heterocycles. The summed E-state index contributed by atoms with van der Waals surface area (Å²) in [5, 5.41) is 14.5. The zero-order valence-corrected chi connectivity index (χ0v) is 17.1. The molecule has 1 aromatic heterocycles. The average Bonchev–Trinajstić information content (AvgIpc) is 2.67. The SMILES string of the molecule is CC(=O)c1c(-c2ccccc2)ccc(CNc2nc(Br)ccc2[N+](=O)[O-])c1Cl. The number of benzene rings is 2. The van der Waals surface area contributed by atoms with Crippen molar-refractivity contribution in [3.63, 3.8) is 0 Å². The van der Waals surface area contributed by atoms with Crippen molar-refractivity contribution in [1.82, 2.24) is 4.98 Å². The van der Waals surface area contributed by atoms with E-state index in [0.717, 1.165) is 11.1 Å². The van der Waals surface area contributed by atoms with E-state index in [1.807, 2.05) is 36.4 Å². The Morgan fingerprint density at radius 3 is 2.54 bits per heavy atom. The molecular weight excluding hydrogens is 446 g/mol. The first kappa shape index (κ1) is 20.0. The van der Waals surface area contributed by atoms with Crippen LogP contribution in [0.2, 0.25) is 5.02 Å². The summed E-state index contributed by atoms with van der Waals surface area (Å²) < 4.78 is 0.468. The van der Waals surface area contributed by atoms with Crippen molar-refractivity contribution in [2.45, 2.75) is 13.5 Å². The Kier molecular flexibility index (Phi) is 6.06. The molecule has 0 bridgehead atoms. The van der Waals surface area contributed by atoms with Gasteiger partial charge in [-0.25, -0.2) is 4.98 Å². The maximum atomic E-state index is 12.3. The van der Waals surface area contributed by atoms with Gasteiger partial charge >= 0.3 is 5.69 Å². The molecule has 0 atom stereocenters. The van der Waals surface area contributed by atoms with Crippen LogP contribution in [0.3, 0.4) is 0 Å². The molecule has 0 aliphatic rings. The molecule has 0 saturated carbocycles. The molecule has 0 aliphatic carbocycles. The van der Waals surface area contributed by atoms with Gasteiger partial charge in [-0.3, -0.25) is 14.9 Å². The smallest absolute Gasteiger partial charge is 0.311 e. The van der Waals surface area contributed by atoms with E-state index in [-0.39, 0.29) is 23.8 Å². The quantitative estimate of drug-likeness (QED) is 0.215. The van der Waals surface area contributed by atoms with E-state index in [4.69, 9.17) is 11.6 Å². The zero-order valence-electron chi connectivity index (χ0n) is 14.8. The van der Waals surface area contributed by atoms with Crippen LogP contribution in [0.4, 0.5) is 11.5 Å². The molecule has 1 N–H and O–H groups in total. The van der Waals surface area contributed by atoms with Crippen molar-refractivity contribution in [2.24, 2.45) is 0 Å². The van der Waals surface area contributed by atoms with Crippen LogP contribution in [0.1, 0.15) is 22.8 Å². The molecule has 8 heteroatoms. The highest BCUT2D eigenvalue weighted by Crippen LogP contribution is 2.33. The maximum absolute atomic E-state index is 12.3. The summed E-state index contributed by atoms with van der Waals surface area (Å²) in [4.78, 5) is 27.1. The number of nitro groups is 1. The van der Waals surface area contributed by atoms with Gasteiger partial charge in [0.25, 0.3) is 0 Å². The molecule has 0 radical (unpaired) electrons. The largest absolute Gasteiger partial charge is 0.360 e. The van der Waals surface area contributed by atoms with Crippen LogP contribution in [0.15, 0.2) is 59.2 Å². The molecule has 0 amide bonds. The predicted octanol–water partition coefficient (Wildman–Crippen LogP) is 5.89. The lowest BCUT2D eigenvalue weighted by molar-refractivity contribution is -0.384. The van der Waals surface area contributed by atoms with Crippen molar-refractivity contribution in [1.29, 1.82) is 0 Å². The second kappa shape index (κ2) is 8.50. The first-order valence-electron chi connectivity index (χ1n) is 8.31. The Morgan fingerprint density at radius 1 is 1.18 bits per heavy atom. The number of Topliss-reactive ketones (excluding diaryl/α,β-unsaturated/α-hetero) is 1. The van der Waals surface area contributed by atoms with Gasteiger partial charge in [-0.05, 0) is 45.6 Å². The minimum atomic E-state index is -0.511. The number of rotatable bonds is 6. The van der Waals surface area contributed by atoms with E-state index >= 15 is 0 Å². The minimum absolute atomic E-state index is 0.118. The van der Waals surface area contributed by atoms with Crippen LogP contribution in [-0.2, 0) is 6.54 Å². The summed E-state index contributed by atoms with van der Waals surface area (Å²) in [5.41, 5.74) is 2.55. The summed E-state index contributed by atoms with van der Waals surface area (Å²) in [6.45, 7) is 1.64. The number of anilines is 1. The maximum Gasteiger partial charge on any atom is 0.311 e. The summed E-state index contributed by atoms with van der Waals surface area (Å²) in [6.07, 6.45) is 0. The Morgan fingerprint density at radius 2 is 1.89 bits per heavy atom. The topological polar surface area (TPSA) is 85.1 Å². The third-order valence-electron chi connectivity index (χ3n) is 4.14. The van der Waals surface area contributed by atoms with E-state index in [0.29, 0.717) is 20.8 Å². The fraction of sp³-hybridized carbons (Fsp3) is 0.100. The Hall–Kier alpha value is -2.77. The number of halogens is 2. The normalized spacial score (nSPS) is 10.5. The molecule has 0 saturated heterocycles. The Balaban J connectivity index is 1.97. The lowest BCUT2D eigenvalue weighted by Gasteiger charge is -2.14. The van der Waals surface area contributed by atoms with E-state index in [9.17, 15) is 14.9 Å². The molecule has 0 unspecified atom stereocenters. The van der Waals surface area contributed by atoms with Crippen LogP contribution < -0.4 is 5.32 Å². The summed E-state index contributed by atoms with van der Waals surface area (Å²) >= 11 is 9.74. The number of aromatic nitrogens is 1. The van der Waals surface area contributed by atoms with E-state index in [1.54, 1.807) is 6.07 Å². The van der Waals surface area contributed by atoms with Crippen molar-refractivity contribution in [3.8, 4) is 11.1 Å². The van der Waals surface area contributed by atoms with Gasteiger partial charge in [-0.1, -0.05) is 54.1 Å². The van der Waals surface area contributed by atoms with Crippen LogP contribution in [0, 0.1) is 10.1 Å². The average molecular weight is 461 g/mol. The number of nitrogens with zero attached hydrogens (tertiary/aromatic N) is 2. The van der Waals surface area contributed by atoms with Gasteiger partial charge in [-0.2, -0.15) is 0 Å². The molecule has 3 rings (SSSR count). The third-order valence-corrected chi connectivity index (χ3v) is 5.02. The van der Waals surface area contributed by atoms with Gasteiger partial charge in [0.2, 0.25) is 5.82 Å². The molecule has 0 spiro atoms. The number of pyridine rings is 1. The number of ketones is 1. The summed E-state index contributed by atoms with van der Waals surface area (Å²) in [7, 11) is 0. The van der Waals surface area contributed by atoms with Gasteiger partial charge < -0.3 is 5.32 Å². The second-order valence-corrected chi connectivity index (χ2v) is 7.19. The van der Waals surface area contributed by atoms with E-state index in [2.05, 4.69) is 26.2 Å². The van der Waals surface area contributed by atoms with E-state index in [1.165, 1.54) is 19.1 Å². The van der Waals surface area contributed by atoms with E-state index < -0.39 is 4.92 Å². The number of carbonyl (C=O) groups excluding carboxylic acids is 1. The number of nitrogens with one attached hydrogen (secondary N) is 1. The molecular formula is C20H15BrClN3O3. The van der Waals surface area contributed by atoms with Crippen LogP contribution in [-0.4, -0.2) is 15.7 Å². The van der Waals surface area contributed by atoms with Crippen molar-refractivity contribution in [3.05, 3.63) is 85.5 Å². The monoisotopic (exact) mass is 459 g/mol. The highest BCUT2D eigenvalue weighted by molar-refractivity contribution is 9.10. The number of carbonyl (C=O) groups is 1. The van der Waals surface area contributed by atoms with Crippen molar-refractivity contribution < 1.29 is 9.72 Å². The van der Waals surface area contributed by atoms with Gasteiger partial charge in [0, 0.05) is 18.2 Å². The lowest BCUT2D eigenvalue weighted by Crippen LogP contribution is -2.07. The van der Waals surface area contributed by atoms with Gasteiger partial charge in [0.05, 0.1) is 9.95 Å². The molecule has 28 heavy (non-hydrogen) atoms. The number of hydrogen-bond donors (Lipinski definition) is 1. The fourth-order valence-corrected chi connectivity index (χ4v) is 3.52. The molecule has 1 heterocycles. The highest BCUT2D eigenvalue weighted by atomic mass is 79.9. The van der Waals surface area contributed by atoms with Crippen LogP contribution in [0.5, 0.6) is 0 Å². The Labute approximate surface area is 174 Å². The summed E-state index contributed by atoms with van der Waals surface area (Å²) in [5.74, 6) is -0.0378. The Bertz CT molecular complexity index is 1060. The van der Waals surface area contributed by atoms with Crippen molar-refractivity contribution >= 4 is 44.8 Å². The second-order valence-electron chi connectivity index (χ2n) is 6.00. The molecule has 0 fully saturated rings. The summed E-state index contributed by atoms with van der Waals surface area (Å²) in [6, 6.07) is 16.0. The molecule has 6 nitrogen and oxygen atoms in total. The van der Waals surface area contributed by atoms with Crippen molar-refractivity contribution in [2.75, 3.05) is 5.32 Å². The zero-order chi connectivity index (χ0) is 20.3. The predicted molar refractivity (Wildman–Crippen MR) is 113 cm³/mol. The minimum Gasteiger partial charge on any atom is -0.360 e. The van der Waals surface area contributed by atoms with Crippen LogP contribution in [0.25, 0.3) is 11.1 Å². The molecule has 3 aromatic rings. The number of hydrogen-bond acceptors (Lipinski definition) is 5. The van der Waals surface area contributed by atoms with Gasteiger partial charge in [-0.15, -0.1) is 0 Å². The fourth-order valence-electron chi connectivity index (χ4n) is 2.84. The van der Waals surface area contributed by atoms with Crippen LogP contribution >= 0.6 is 27.5 Å². The third kappa shape index (κ3) is 4.21. The standard InChI is InChI=1S/C20H15BrClN3O3/c1-12(26)18-15(13-5-3-2-4-6-13)8-7-14(19(18)22)11-23-20-16(25(27)28)9-10-17(21)24-20/h2-10H,11H2,1H3,(H,23,24). The first-order chi connectivity index (χ1) is 13.4. The molecule has 2 aromatic carbocycles. The molecule has 142 valence electrons. The lowest BCUT2D eigenvalue weighted by atomic mass is 9.95. The van der Waals surface area contributed by atoms with Gasteiger partial charge in [0.1, 0.15) is 4.60 Å². The first-order valence-corrected chi connectivity index (χ1v) is 9.48. The van der Waals surface area contributed by atoms with Gasteiger partial charge in [0.15, 0.2) is 5.78 Å².